The van der Waals surface area contributed by atoms with Crippen LogP contribution in [-0.2, 0) is 0 Å². The zero-order valence-corrected chi connectivity index (χ0v) is 21.3. The summed E-state index contributed by atoms with van der Waals surface area (Å²) in [5.41, 5.74) is 8.43. The molecule has 0 saturated carbocycles. The van der Waals surface area contributed by atoms with E-state index in [9.17, 15) is 0 Å². The summed E-state index contributed by atoms with van der Waals surface area (Å²) in [5, 5.41) is 5.01. The standard InChI is InChI=1S/C35H22N2S/c1-3-10-23(11-4-1)25-18-26(24-12-5-2-6-13-24)20-27(19-25)37-32-16-8-7-14-28(32)30-22-34-31(21-33(30)37)29-15-9-17-36-35(29)38-34/h1-22H. The van der Waals surface area contributed by atoms with Crippen LogP contribution in [0.5, 0.6) is 0 Å². The third-order valence-electron chi connectivity index (χ3n) is 7.43. The molecule has 8 rings (SSSR count). The van der Waals surface area contributed by atoms with E-state index in [0.717, 1.165) is 10.5 Å². The van der Waals surface area contributed by atoms with E-state index < -0.39 is 0 Å². The molecule has 0 aliphatic carbocycles. The van der Waals surface area contributed by atoms with Gasteiger partial charge < -0.3 is 4.57 Å². The van der Waals surface area contributed by atoms with Crippen LogP contribution in [0.15, 0.2) is 134 Å². The molecule has 0 radical (unpaired) electrons. The van der Waals surface area contributed by atoms with Crippen molar-refractivity contribution < 1.29 is 0 Å². The molecule has 3 heterocycles. The van der Waals surface area contributed by atoms with E-state index in [2.05, 4.69) is 131 Å². The highest BCUT2D eigenvalue weighted by Crippen LogP contribution is 2.41. The normalized spacial score (nSPS) is 11.7. The van der Waals surface area contributed by atoms with Crippen molar-refractivity contribution in [1.82, 2.24) is 9.55 Å². The minimum atomic E-state index is 1.09. The molecule has 0 N–H and O–H groups in total. The maximum absolute atomic E-state index is 4.64. The van der Waals surface area contributed by atoms with E-state index >= 15 is 0 Å². The van der Waals surface area contributed by atoms with Crippen LogP contribution >= 0.6 is 11.3 Å². The van der Waals surface area contributed by atoms with Gasteiger partial charge in [-0.2, -0.15) is 0 Å². The highest BCUT2D eigenvalue weighted by Gasteiger charge is 2.17. The maximum atomic E-state index is 4.64. The Morgan fingerprint density at radius 2 is 1.13 bits per heavy atom. The fraction of sp³-hybridized carbons (Fsp3) is 0. The van der Waals surface area contributed by atoms with Crippen molar-refractivity contribution >= 4 is 53.4 Å². The molecule has 3 aromatic heterocycles. The molecule has 38 heavy (non-hydrogen) atoms. The molecular weight excluding hydrogens is 480 g/mol. The minimum absolute atomic E-state index is 1.09. The van der Waals surface area contributed by atoms with Crippen LogP contribution in [0.1, 0.15) is 0 Å². The Morgan fingerprint density at radius 1 is 0.474 bits per heavy atom. The first-order chi connectivity index (χ1) is 18.8. The topological polar surface area (TPSA) is 17.8 Å². The van der Waals surface area contributed by atoms with E-state index in [4.69, 9.17) is 0 Å². The van der Waals surface area contributed by atoms with Gasteiger partial charge in [0.05, 0.1) is 11.0 Å². The summed E-state index contributed by atoms with van der Waals surface area (Å²) in [6.07, 6.45) is 1.88. The number of pyridine rings is 1. The van der Waals surface area contributed by atoms with E-state index in [-0.39, 0.29) is 0 Å². The lowest BCUT2D eigenvalue weighted by Gasteiger charge is -2.14. The summed E-state index contributed by atoms with van der Waals surface area (Å²) in [6, 6.07) is 46.0. The van der Waals surface area contributed by atoms with Crippen molar-refractivity contribution in [2.24, 2.45) is 0 Å². The van der Waals surface area contributed by atoms with Gasteiger partial charge in [-0.05, 0) is 70.8 Å². The van der Waals surface area contributed by atoms with Crippen molar-refractivity contribution in [2.75, 3.05) is 0 Å². The average molecular weight is 503 g/mol. The van der Waals surface area contributed by atoms with Crippen molar-refractivity contribution in [3.63, 3.8) is 0 Å². The van der Waals surface area contributed by atoms with E-state index in [1.807, 2.05) is 12.3 Å². The van der Waals surface area contributed by atoms with Crippen molar-refractivity contribution in [2.45, 2.75) is 0 Å². The Morgan fingerprint density at radius 3 is 1.87 bits per heavy atom. The van der Waals surface area contributed by atoms with Gasteiger partial charge in [0, 0.05) is 38.1 Å². The Balaban J connectivity index is 1.49. The number of hydrogen-bond donors (Lipinski definition) is 0. The fourth-order valence-electron chi connectivity index (χ4n) is 5.68. The van der Waals surface area contributed by atoms with Crippen molar-refractivity contribution in [1.29, 1.82) is 0 Å². The Bertz CT molecular complexity index is 2060. The SMILES string of the molecule is c1ccc(-c2cc(-c3ccccc3)cc(-n3c4ccccc4c4cc5sc6ncccc6c5cc43)c2)cc1. The smallest absolute Gasteiger partial charge is 0.124 e. The van der Waals surface area contributed by atoms with Crippen LogP contribution in [-0.4, -0.2) is 9.55 Å². The van der Waals surface area contributed by atoms with Crippen LogP contribution in [0.3, 0.4) is 0 Å². The summed E-state index contributed by atoms with van der Waals surface area (Å²) in [6.45, 7) is 0. The van der Waals surface area contributed by atoms with Gasteiger partial charge in [-0.1, -0.05) is 78.9 Å². The third-order valence-corrected chi connectivity index (χ3v) is 8.51. The van der Waals surface area contributed by atoms with E-state index in [1.165, 1.54) is 59.5 Å². The third kappa shape index (κ3) is 3.29. The Labute approximate surface area is 224 Å². The predicted molar refractivity (Wildman–Crippen MR) is 162 cm³/mol. The second-order valence-corrected chi connectivity index (χ2v) is 10.7. The lowest BCUT2D eigenvalue weighted by molar-refractivity contribution is 1.18. The number of para-hydroxylation sites is 1. The summed E-state index contributed by atoms with van der Waals surface area (Å²) in [5.74, 6) is 0. The van der Waals surface area contributed by atoms with Crippen LogP contribution in [0.4, 0.5) is 0 Å². The lowest BCUT2D eigenvalue weighted by Crippen LogP contribution is -1.96. The van der Waals surface area contributed by atoms with Gasteiger partial charge in [0.1, 0.15) is 4.83 Å². The van der Waals surface area contributed by atoms with E-state index in [1.54, 1.807) is 11.3 Å². The lowest BCUT2D eigenvalue weighted by atomic mass is 9.98. The summed E-state index contributed by atoms with van der Waals surface area (Å²) < 4.78 is 3.71. The van der Waals surface area contributed by atoms with Crippen molar-refractivity contribution in [3.8, 4) is 27.9 Å². The van der Waals surface area contributed by atoms with Gasteiger partial charge in [-0.15, -0.1) is 11.3 Å². The second kappa shape index (κ2) is 8.41. The van der Waals surface area contributed by atoms with Gasteiger partial charge in [0.25, 0.3) is 0 Å². The maximum Gasteiger partial charge on any atom is 0.124 e. The molecule has 0 aliphatic rings. The van der Waals surface area contributed by atoms with Gasteiger partial charge in [0.15, 0.2) is 0 Å². The molecule has 0 fully saturated rings. The number of fused-ring (bicyclic) bond motifs is 6. The Hall–Kier alpha value is -4.73. The molecular formula is C35H22N2S. The van der Waals surface area contributed by atoms with Crippen LogP contribution in [0.25, 0.3) is 70.0 Å². The molecule has 0 bridgehead atoms. The first-order valence-corrected chi connectivity index (χ1v) is 13.6. The zero-order chi connectivity index (χ0) is 25.1. The average Bonchev–Trinajstić information content (AvgIpc) is 3.51. The number of hydrogen-bond acceptors (Lipinski definition) is 2. The molecule has 0 unspecified atom stereocenters. The summed E-state index contributed by atoms with van der Waals surface area (Å²) in [7, 11) is 0. The highest BCUT2D eigenvalue weighted by molar-refractivity contribution is 7.25. The second-order valence-electron chi connectivity index (χ2n) is 9.68. The molecule has 0 spiro atoms. The zero-order valence-electron chi connectivity index (χ0n) is 20.5. The summed E-state index contributed by atoms with van der Waals surface area (Å²) in [4.78, 5) is 5.72. The van der Waals surface area contributed by atoms with Gasteiger partial charge in [-0.3, -0.25) is 0 Å². The molecule has 0 saturated heterocycles. The number of aromatic nitrogens is 2. The number of benzene rings is 5. The first kappa shape index (κ1) is 21.4. The fourth-order valence-corrected chi connectivity index (χ4v) is 6.75. The molecule has 0 amide bonds. The van der Waals surface area contributed by atoms with Gasteiger partial charge in [-0.25, -0.2) is 4.98 Å². The van der Waals surface area contributed by atoms with E-state index in [0.29, 0.717) is 0 Å². The molecule has 0 aliphatic heterocycles. The molecule has 0 atom stereocenters. The van der Waals surface area contributed by atoms with Gasteiger partial charge >= 0.3 is 0 Å². The number of nitrogens with zero attached hydrogens (tertiary/aromatic N) is 2. The largest absolute Gasteiger partial charge is 0.309 e. The number of rotatable bonds is 3. The predicted octanol–water partition coefficient (Wildman–Crippen LogP) is 9.88. The highest BCUT2D eigenvalue weighted by atomic mass is 32.1. The molecule has 3 heteroatoms. The van der Waals surface area contributed by atoms with Gasteiger partial charge in [0.2, 0.25) is 0 Å². The summed E-state index contributed by atoms with van der Waals surface area (Å²) >= 11 is 1.77. The Kier molecular flexibility index (Phi) is 4.73. The monoisotopic (exact) mass is 502 g/mol. The first-order valence-electron chi connectivity index (χ1n) is 12.8. The van der Waals surface area contributed by atoms with Crippen LogP contribution < -0.4 is 0 Å². The molecule has 2 nitrogen and oxygen atoms in total. The molecule has 178 valence electrons. The van der Waals surface area contributed by atoms with Crippen molar-refractivity contribution in [3.05, 3.63) is 134 Å². The number of thiophene rings is 1. The van der Waals surface area contributed by atoms with Crippen LogP contribution in [0.2, 0.25) is 0 Å². The van der Waals surface area contributed by atoms with Crippen LogP contribution in [0, 0.1) is 0 Å². The molecule has 5 aromatic carbocycles. The minimum Gasteiger partial charge on any atom is -0.309 e. The quantitative estimate of drug-likeness (QED) is 0.235. The molecule has 8 aromatic rings.